The van der Waals surface area contributed by atoms with Crippen molar-refractivity contribution >= 4 is 5.88 Å². The molecule has 2 N–H and O–H groups in total. The minimum Gasteiger partial charge on any atom is -0.367 e. The zero-order chi connectivity index (χ0) is 14.1. The smallest absolute Gasteiger partial charge is 0.230 e. The Kier molecular flexibility index (Phi) is 2.99. The van der Waals surface area contributed by atoms with Crippen LogP contribution in [0.15, 0.2) is 47.2 Å². The van der Waals surface area contributed by atoms with E-state index >= 15 is 0 Å². The molecule has 0 atom stereocenters. The molecule has 0 radical (unpaired) electrons. The highest BCUT2D eigenvalue weighted by atomic mass is 16.5. The van der Waals surface area contributed by atoms with E-state index < -0.39 is 0 Å². The fourth-order valence-corrected chi connectivity index (χ4v) is 2.18. The Bertz CT molecular complexity index is 748. The highest BCUT2D eigenvalue weighted by molar-refractivity contribution is 5.86. The molecule has 0 saturated heterocycles. The van der Waals surface area contributed by atoms with Crippen molar-refractivity contribution in [3.8, 4) is 22.4 Å². The Morgan fingerprint density at radius 2 is 1.90 bits per heavy atom. The van der Waals surface area contributed by atoms with Gasteiger partial charge < -0.3 is 10.3 Å². The van der Waals surface area contributed by atoms with Crippen LogP contribution >= 0.6 is 0 Å². The third kappa shape index (κ3) is 2.05. The number of benzene rings is 1. The average molecular weight is 265 g/mol. The highest BCUT2D eigenvalue weighted by Crippen LogP contribution is 2.36. The van der Waals surface area contributed by atoms with Crippen LogP contribution in [0.3, 0.4) is 0 Å². The number of nitrogen functional groups attached to an aromatic ring is 1. The molecule has 0 aliphatic heterocycles. The lowest BCUT2D eigenvalue weighted by Crippen LogP contribution is -1.90. The highest BCUT2D eigenvalue weighted by Gasteiger charge is 2.17. The van der Waals surface area contributed by atoms with Crippen molar-refractivity contribution in [1.82, 2.24) is 10.1 Å². The molecule has 1 aromatic carbocycles. The van der Waals surface area contributed by atoms with E-state index in [0.717, 1.165) is 22.4 Å². The van der Waals surface area contributed by atoms with Crippen molar-refractivity contribution in [1.29, 1.82) is 0 Å². The Morgan fingerprint density at radius 1 is 1.05 bits per heavy atom. The van der Waals surface area contributed by atoms with Gasteiger partial charge in [-0.3, -0.25) is 4.98 Å². The number of aryl methyl sites for hydroxylation is 2. The van der Waals surface area contributed by atoms with Gasteiger partial charge in [-0.2, -0.15) is 0 Å². The SMILES string of the molecule is Cc1ccc(-c2c(-c3cccnc3)noc2N)cc1C. The molecular weight excluding hydrogens is 250 g/mol. The van der Waals surface area contributed by atoms with E-state index in [0.29, 0.717) is 5.88 Å². The van der Waals surface area contributed by atoms with Crippen LogP contribution in [0.4, 0.5) is 5.88 Å². The quantitative estimate of drug-likeness (QED) is 0.768. The molecule has 20 heavy (non-hydrogen) atoms. The van der Waals surface area contributed by atoms with Crippen molar-refractivity contribution in [2.24, 2.45) is 0 Å². The number of hydrogen-bond donors (Lipinski definition) is 1. The standard InChI is InChI=1S/C16H15N3O/c1-10-5-6-12(8-11(10)2)14-15(19-20-16(14)17)13-4-3-7-18-9-13/h3-9H,17H2,1-2H3. The number of hydrogen-bond acceptors (Lipinski definition) is 4. The van der Waals surface area contributed by atoms with Crippen LogP contribution in [0.1, 0.15) is 11.1 Å². The van der Waals surface area contributed by atoms with E-state index in [4.69, 9.17) is 10.3 Å². The van der Waals surface area contributed by atoms with Gasteiger partial charge in [0, 0.05) is 18.0 Å². The van der Waals surface area contributed by atoms with Gasteiger partial charge in [0.1, 0.15) is 5.69 Å². The predicted octanol–water partition coefficient (Wildman–Crippen LogP) is 3.60. The Hall–Kier alpha value is -2.62. The molecule has 0 fully saturated rings. The molecular formula is C16H15N3O. The topological polar surface area (TPSA) is 64.9 Å². The molecule has 3 aromatic rings. The fourth-order valence-electron chi connectivity index (χ4n) is 2.18. The van der Waals surface area contributed by atoms with Crippen molar-refractivity contribution in [3.63, 3.8) is 0 Å². The number of nitrogens with zero attached hydrogens (tertiary/aromatic N) is 2. The first-order valence-corrected chi connectivity index (χ1v) is 6.40. The Labute approximate surface area is 117 Å². The third-order valence-electron chi connectivity index (χ3n) is 3.45. The van der Waals surface area contributed by atoms with Gasteiger partial charge in [0.25, 0.3) is 0 Å². The van der Waals surface area contributed by atoms with Crippen LogP contribution in [0.25, 0.3) is 22.4 Å². The fraction of sp³-hybridized carbons (Fsp3) is 0.125. The largest absolute Gasteiger partial charge is 0.367 e. The Balaban J connectivity index is 2.19. The summed E-state index contributed by atoms with van der Waals surface area (Å²) >= 11 is 0. The summed E-state index contributed by atoms with van der Waals surface area (Å²) in [6, 6.07) is 10.0. The maximum atomic E-state index is 5.95. The number of rotatable bonds is 2. The summed E-state index contributed by atoms with van der Waals surface area (Å²) in [4.78, 5) is 4.11. The molecule has 4 heteroatoms. The van der Waals surface area contributed by atoms with Gasteiger partial charge in [0.2, 0.25) is 5.88 Å². The summed E-state index contributed by atoms with van der Waals surface area (Å²) in [7, 11) is 0. The van der Waals surface area contributed by atoms with Crippen LogP contribution in [-0.2, 0) is 0 Å². The summed E-state index contributed by atoms with van der Waals surface area (Å²) in [5.74, 6) is 0.326. The lowest BCUT2D eigenvalue weighted by molar-refractivity contribution is 0.439. The van der Waals surface area contributed by atoms with Crippen LogP contribution in [-0.4, -0.2) is 10.1 Å². The molecule has 2 heterocycles. The first-order chi connectivity index (χ1) is 9.66. The molecule has 4 nitrogen and oxygen atoms in total. The molecule has 2 aromatic heterocycles. The second kappa shape index (κ2) is 4.81. The normalized spacial score (nSPS) is 10.7. The van der Waals surface area contributed by atoms with Gasteiger partial charge in [-0.25, -0.2) is 0 Å². The van der Waals surface area contributed by atoms with Gasteiger partial charge in [-0.05, 0) is 42.7 Å². The van der Waals surface area contributed by atoms with Crippen LogP contribution in [0, 0.1) is 13.8 Å². The molecule has 100 valence electrons. The minimum atomic E-state index is 0.326. The van der Waals surface area contributed by atoms with E-state index in [1.165, 1.54) is 11.1 Å². The summed E-state index contributed by atoms with van der Waals surface area (Å²) in [5.41, 5.74) is 11.8. The van der Waals surface area contributed by atoms with E-state index in [-0.39, 0.29) is 0 Å². The lowest BCUT2D eigenvalue weighted by Gasteiger charge is -2.06. The maximum Gasteiger partial charge on any atom is 0.230 e. The average Bonchev–Trinajstić information content (AvgIpc) is 2.85. The lowest BCUT2D eigenvalue weighted by atomic mass is 9.98. The summed E-state index contributed by atoms with van der Waals surface area (Å²) in [6.45, 7) is 4.16. The van der Waals surface area contributed by atoms with Crippen LogP contribution in [0.2, 0.25) is 0 Å². The predicted molar refractivity (Wildman–Crippen MR) is 79.1 cm³/mol. The van der Waals surface area contributed by atoms with E-state index in [1.54, 1.807) is 12.4 Å². The second-order valence-corrected chi connectivity index (χ2v) is 4.81. The second-order valence-electron chi connectivity index (χ2n) is 4.81. The molecule has 0 aliphatic carbocycles. The first-order valence-electron chi connectivity index (χ1n) is 6.40. The minimum absolute atomic E-state index is 0.326. The van der Waals surface area contributed by atoms with E-state index in [1.807, 2.05) is 18.2 Å². The summed E-state index contributed by atoms with van der Waals surface area (Å²) < 4.78 is 5.17. The molecule has 3 rings (SSSR count). The Morgan fingerprint density at radius 3 is 2.60 bits per heavy atom. The first kappa shape index (κ1) is 12.4. The number of nitrogens with two attached hydrogens (primary N) is 1. The summed E-state index contributed by atoms with van der Waals surface area (Å²) in [6.07, 6.45) is 3.48. The van der Waals surface area contributed by atoms with Gasteiger partial charge in [-0.15, -0.1) is 0 Å². The third-order valence-corrected chi connectivity index (χ3v) is 3.45. The molecule has 0 saturated carbocycles. The van der Waals surface area contributed by atoms with Gasteiger partial charge in [0.05, 0.1) is 5.56 Å². The van der Waals surface area contributed by atoms with E-state index in [9.17, 15) is 0 Å². The molecule has 0 amide bonds. The van der Waals surface area contributed by atoms with Gasteiger partial charge >= 0.3 is 0 Å². The molecule has 0 spiro atoms. The zero-order valence-corrected chi connectivity index (χ0v) is 11.4. The van der Waals surface area contributed by atoms with Crippen molar-refractivity contribution in [2.45, 2.75) is 13.8 Å². The van der Waals surface area contributed by atoms with E-state index in [2.05, 4.69) is 36.1 Å². The maximum absolute atomic E-state index is 5.95. The van der Waals surface area contributed by atoms with Crippen LogP contribution < -0.4 is 5.73 Å². The molecule has 0 bridgehead atoms. The van der Waals surface area contributed by atoms with Crippen molar-refractivity contribution in [3.05, 3.63) is 53.9 Å². The monoisotopic (exact) mass is 265 g/mol. The van der Waals surface area contributed by atoms with Crippen LogP contribution in [0.5, 0.6) is 0 Å². The van der Waals surface area contributed by atoms with Gasteiger partial charge in [0.15, 0.2) is 0 Å². The summed E-state index contributed by atoms with van der Waals surface area (Å²) in [5, 5.41) is 4.07. The van der Waals surface area contributed by atoms with Gasteiger partial charge in [-0.1, -0.05) is 23.4 Å². The number of pyridine rings is 1. The number of anilines is 1. The molecule has 0 unspecified atom stereocenters. The number of aromatic nitrogens is 2. The zero-order valence-electron chi connectivity index (χ0n) is 11.4. The van der Waals surface area contributed by atoms with Crippen molar-refractivity contribution < 1.29 is 4.52 Å². The van der Waals surface area contributed by atoms with Crippen molar-refractivity contribution in [2.75, 3.05) is 5.73 Å². The molecule has 0 aliphatic rings.